The van der Waals surface area contributed by atoms with Crippen LogP contribution in [0.3, 0.4) is 0 Å². The summed E-state index contributed by atoms with van der Waals surface area (Å²) in [6.07, 6.45) is 1.11. The molecule has 100 valence electrons. The summed E-state index contributed by atoms with van der Waals surface area (Å²) < 4.78 is 4.97. The molecule has 0 amide bonds. The summed E-state index contributed by atoms with van der Waals surface area (Å²) in [6.45, 7) is 9.77. The van der Waals surface area contributed by atoms with E-state index in [1.54, 1.807) is 0 Å². The molecule has 3 nitrogen and oxygen atoms in total. The minimum absolute atomic E-state index is 0.254. The van der Waals surface area contributed by atoms with Crippen molar-refractivity contribution in [3.63, 3.8) is 0 Å². The van der Waals surface area contributed by atoms with Crippen LogP contribution in [0.1, 0.15) is 44.5 Å². The number of anilines is 1. The van der Waals surface area contributed by atoms with Gasteiger partial charge >= 0.3 is 5.97 Å². The van der Waals surface area contributed by atoms with E-state index in [2.05, 4.69) is 25.7 Å². The molecule has 0 atom stereocenters. The summed E-state index contributed by atoms with van der Waals surface area (Å²) in [4.78, 5) is 13.9. The standard InChI is InChI=1S/C15H23NO2/c1-5-11-16(12(3)4)14-9-7-13(8-10-14)15(17)18-6-2/h7-10,12H,5-6,11H2,1-4H3. The number of hydrogen-bond acceptors (Lipinski definition) is 3. The maximum atomic E-state index is 11.5. The smallest absolute Gasteiger partial charge is 0.338 e. The molecule has 0 heterocycles. The van der Waals surface area contributed by atoms with Crippen LogP contribution >= 0.6 is 0 Å². The second kappa shape index (κ2) is 7.04. The third-order valence-electron chi connectivity index (χ3n) is 2.80. The van der Waals surface area contributed by atoms with Crippen molar-refractivity contribution < 1.29 is 9.53 Å². The Hall–Kier alpha value is -1.51. The van der Waals surface area contributed by atoms with Gasteiger partial charge in [-0.2, -0.15) is 0 Å². The number of esters is 1. The first-order chi connectivity index (χ1) is 8.60. The van der Waals surface area contributed by atoms with Crippen LogP contribution < -0.4 is 4.90 Å². The van der Waals surface area contributed by atoms with Crippen molar-refractivity contribution in [2.75, 3.05) is 18.1 Å². The number of benzene rings is 1. The van der Waals surface area contributed by atoms with Crippen LogP contribution in [0.2, 0.25) is 0 Å². The van der Waals surface area contributed by atoms with Gasteiger partial charge in [-0.3, -0.25) is 0 Å². The van der Waals surface area contributed by atoms with Crippen molar-refractivity contribution in [1.82, 2.24) is 0 Å². The molecule has 0 unspecified atom stereocenters. The second-order valence-corrected chi connectivity index (χ2v) is 4.55. The average Bonchev–Trinajstić information content (AvgIpc) is 2.36. The van der Waals surface area contributed by atoms with E-state index in [-0.39, 0.29) is 5.97 Å². The van der Waals surface area contributed by atoms with Crippen molar-refractivity contribution in [2.45, 2.75) is 40.2 Å². The molecule has 0 aliphatic carbocycles. The van der Waals surface area contributed by atoms with Gasteiger partial charge in [0.15, 0.2) is 0 Å². The first-order valence-corrected chi connectivity index (χ1v) is 6.64. The molecule has 0 aliphatic heterocycles. The first kappa shape index (κ1) is 14.6. The van der Waals surface area contributed by atoms with Crippen LogP contribution in [-0.2, 0) is 4.74 Å². The number of ether oxygens (including phenoxy) is 1. The Morgan fingerprint density at radius 2 is 1.83 bits per heavy atom. The predicted octanol–water partition coefficient (Wildman–Crippen LogP) is 3.49. The highest BCUT2D eigenvalue weighted by molar-refractivity contribution is 5.89. The van der Waals surface area contributed by atoms with E-state index >= 15 is 0 Å². The van der Waals surface area contributed by atoms with Crippen molar-refractivity contribution >= 4 is 11.7 Å². The van der Waals surface area contributed by atoms with Crippen molar-refractivity contribution in [1.29, 1.82) is 0 Å². The fourth-order valence-corrected chi connectivity index (χ4v) is 1.93. The maximum Gasteiger partial charge on any atom is 0.338 e. The summed E-state index contributed by atoms with van der Waals surface area (Å²) in [5.41, 5.74) is 1.76. The molecule has 18 heavy (non-hydrogen) atoms. The SMILES string of the molecule is CCCN(c1ccc(C(=O)OCC)cc1)C(C)C. The molecule has 0 bridgehead atoms. The minimum Gasteiger partial charge on any atom is -0.462 e. The summed E-state index contributed by atoms with van der Waals surface area (Å²) >= 11 is 0. The van der Waals surface area contributed by atoms with Gasteiger partial charge < -0.3 is 9.64 Å². The van der Waals surface area contributed by atoms with Crippen molar-refractivity contribution in [3.05, 3.63) is 29.8 Å². The van der Waals surface area contributed by atoms with Gasteiger partial charge in [-0.1, -0.05) is 6.92 Å². The number of carbonyl (C=O) groups excluding carboxylic acids is 1. The lowest BCUT2D eigenvalue weighted by Crippen LogP contribution is -2.31. The Bertz CT molecular complexity index is 371. The fourth-order valence-electron chi connectivity index (χ4n) is 1.93. The van der Waals surface area contributed by atoms with Crippen LogP contribution in [0.4, 0.5) is 5.69 Å². The lowest BCUT2D eigenvalue weighted by molar-refractivity contribution is 0.0526. The molecule has 0 fully saturated rings. The number of hydrogen-bond donors (Lipinski definition) is 0. The summed E-state index contributed by atoms with van der Waals surface area (Å²) in [5.74, 6) is -0.254. The summed E-state index contributed by atoms with van der Waals surface area (Å²) in [7, 11) is 0. The molecule has 3 heteroatoms. The van der Waals surface area contributed by atoms with Crippen LogP contribution in [0.25, 0.3) is 0 Å². The molecule has 1 rings (SSSR count). The second-order valence-electron chi connectivity index (χ2n) is 4.55. The molecule has 1 aromatic rings. The van der Waals surface area contributed by atoms with Crippen LogP contribution in [0, 0.1) is 0 Å². The Morgan fingerprint density at radius 3 is 2.28 bits per heavy atom. The Morgan fingerprint density at radius 1 is 1.22 bits per heavy atom. The molecule has 0 aromatic heterocycles. The Balaban J connectivity index is 2.83. The third kappa shape index (κ3) is 3.76. The van der Waals surface area contributed by atoms with Gasteiger partial charge in [0.05, 0.1) is 12.2 Å². The average molecular weight is 249 g/mol. The van der Waals surface area contributed by atoms with Crippen molar-refractivity contribution in [3.8, 4) is 0 Å². The van der Waals surface area contributed by atoms with E-state index < -0.39 is 0 Å². The molecule has 0 N–H and O–H groups in total. The predicted molar refractivity (Wildman–Crippen MR) is 75.2 cm³/mol. The van der Waals surface area contributed by atoms with E-state index in [4.69, 9.17) is 4.74 Å². The zero-order valence-corrected chi connectivity index (χ0v) is 11.8. The van der Waals surface area contributed by atoms with Gasteiger partial charge in [0, 0.05) is 18.3 Å². The molecular weight excluding hydrogens is 226 g/mol. The highest BCUT2D eigenvalue weighted by atomic mass is 16.5. The molecule has 0 spiro atoms. The number of carbonyl (C=O) groups is 1. The summed E-state index contributed by atoms with van der Waals surface area (Å²) in [5, 5.41) is 0. The van der Waals surface area contributed by atoms with Crippen LogP contribution in [0.5, 0.6) is 0 Å². The van der Waals surface area contributed by atoms with Gasteiger partial charge in [0.2, 0.25) is 0 Å². The van der Waals surface area contributed by atoms with Crippen LogP contribution in [0.15, 0.2) is 24.3 Å². The highest BCUT2D eigenvalue weighted by Crippen LogP contribution is 2.18. The van der Waals surface area contributed by atoms with Gasteiger partial charge in [0.1, 0.15) is 0 Å². The highest BCUT2D eigenvalue weighted by Gasteiger charge is 2.11. The Labute approximate surface area is 110 Å². The first-order valence-electron chi connectivity index (χ1n) is 6.64. The van der Waals surface area contributed by atoms with E-state index in [1.165, 1.54) is 0 Å². The van der Waals surface area contributed by atoms with E-state index in [9.17, 15) is 4.79 Å². The molecule has 0 aliphatic rings. The van der Waals surface area contributed by atoms with Gasteiger partial charge in [0.25, 0.3) is 0 Å². The lowest BCUT2D eigenvalue weighted by atomic mass is 10.1. The normalized spacial score (nSPS) is 10.5. The Kier molecular flexibility index (Phi) is 5.69. The van der Waals surface area contributed by atoms with E-state index in [1.807, 2.05) is 31.2 Å². The molecule has 0 radical (unpaired) electrons. The lowest BCUT2D eigenvalue weighted by Gasteiger charge is -2.28. The number of nitrogens with zero attached hydrogens (tertiary/aromatic N) is 1. The summed E-state index contributed by atoms with van der Waals surface area (Å²) in [6, 6.07) is 8.10. The molecular formula is C15H23NO2. The quantitative estimate of drug-likeness (QED) is 0.723. The van der Waals surface area contributed by atoms with E-state index in [0.29, 0.717) is 18.2 Å². The van der Waals surface area contributed by atoms with Gasteiger partial charge in [-0.25, -0.2) is 4.79 Å². The fraction of sp³-hybridized carbons (Fsp3) is 0.533. The zero-order valence-electron chi connectivity index (χ0n) is 11.8. The van der Waals surface area contributed by atoms with E-state index in [0.717, 1.165) is 18.7 Å². The molecule has 1 aromatic carbocycles. The number of rotatable bonds is 6. The largest absolute Gasteiger partial charge is 0.462 e. The monoisotopic (exact) mass is 249 g/mol. The third-order valence-corrected chi connectivity index (χ3v) is 2.80. The van der Waals surface area contributed by atoms with Crippen LogP contribution in [-0.4, -0.2) is 25.2 Å². The minimum atomic E-state index is -0.254. The van der Waals surface area contributed by atoms with Gasteiger partial charge in [-0.15, -0.1) is 0 Å². The van der Waals surface area contributed by atoms with Gasteiger partial charge in [-0.05, 0) is 51.5 Å². The maximum absolute atomic E-state index is 11.5. The molecule has 0 saturated heterocycles. The topological polar surface area (TPSA) is 29.5 Å². The molecule has 0 saturated carbocycles. The van der Waals surface area contributed by atoms with Crippen molar-refractivity contribution in [2.24, 2.45) is 0 Å². The zero-order chi connectivity index (χ0) is 13.5.